The Labute approximate surface area is 91.4 Å². The lowest BCUT2D eigenvalue weighted by Gasteiger charge is -2.29. The van der Waals surface area contributed by atoms with Crippen LogP contribution in [0.5, 0.6) is 0 Å². The lowest BCUT2D eigenvalue weighted by Crippen LogP contribution is -2.52. The highest BCUT2D eigenvalue weighted by Gasteiger charge is 2.32. The molecule has 3 N–H and O–H groups in total. The molecule has 6 heteroatoms. The van der Waals surface area contributed by atoms with E-state index < -0.39 is 20.8 Å². The van der Waals surface area contributed by atoms with E-state index in [0.29, 0.717) is 13.0 Å². The molecule has 1 atom stereocenters. The van der Waals surface area contributed by atoms with Crippen molar-refractivity contribution in [3.8, 4) is 0 Å². The second-order valence-electron chi connectivity index (χ2n) is 4.57. The number of hydrogen-bond acceptors (Lipinski definition) is 4. The third-order valence-corrected chi connectivity index (χ3v) is 4.57. The largest absolute Gasteiger partial charge is 0.380 e. The average molecular weight is 236 g/mol. The maximum absolute atomic E-state index is 11.9. The molecule has 15 heavy (non-hydrogen) atoms. The van der Waals surface area contributed by atoms with E-state index in [1.807, 2.05) is 0 Å². The minimum atomic E-state index is -3.31. The standard InChI is InChI=1S/C9H20N2O3S/c1-9(2,7-10)11-15(12,13)8-4-3-5-14-6-8/h8,11H,3-7,10H2,1-2H3. The molecule has 1 rings (SSSR count). The molecule has 1 heterocycles. The third kappa shape index (κ3) is 3.71. The summed E-state index contributed by atoms with van der Waals surface area (Å²) >= 11 is 0. The first-order valence-corrected chi connectivity index (χ1v) is 6.73. The van der Waals surface area contributed by atoms with Crippen molar-refractivity contribution in [1.82, 2.24) is 4.72 Å². The normalized spacial score (nSPS) is 24.1. The molecule has 0 aromatic carbocycles. The molecule has 0 radical (unpaired) electrons. The van der Waals surface area contributed by atoms with Crippen LogP contribution in [0.2, 0.25) is 0 Å². The predicted octanol–water partition coefficient (Wildman–Crippen LogP) is -0.178. The zero-order chi connectivity index (χ0) is 11.5. The van der Waals surface area contributed by atoms with Gasteiger partial charge in [-0.3, -0.25) is 0 Å². The Hall–Kier alpha value is -0.170. The Bertz CT molecular complexity index is 294. The summed E-state index contributed by atoms with van der Waals surface area (Å²) in [5.74, 6) is 0. The quantitative estimate of drug-likeness (QED) is 0.709. The summed E-state index contributed by atoms with van der Waals surface area (Å²) in [7, 11) is -3.31. The van der Waals surface area contributed by atoms with Gasteiger partial charge in [0.1, 0.15) is 0 Å². The van der Waals surface area contributed by atoms with E-state index in [0.717, 1.165) is 6.42 Å². The lowest BCUT2D eigenvalue weighted by atomic mass is 10.1. The van der Waals surface area contributed by atoms with Gasteiger partial charge in [-0.05, 0) is 26.7 Å². The lowest BCUT2D eigenvalue weighted by molar-refractivity contribution is 0.0985. The molecule has 1 saturated heterocycles. The Morgan fingerprint density at radius 2 is 2.20 bits per heavy atom. The Balaban J connectivity index is 2.65. The van der Waals surface area contributed by atoms with Gasteiger partial charge < -0.3 is 10.5 Å². The van der Waals surface area contributed by atoms with E-state index in [4.69, 9.17) is 10.5 Å². The van der Waals surface area contributed by atoms with Crippen LogP contribution in [-0.4, -0.2) is 39.0 Å². The highest BCUT2D eigenvalue weighted by molar-refractivity contribution is 7.90. The number of hydrogen-bond donors (Lipinski definition) is 2. The molecular formula is C9H20N2O3S. The molecule has 1 fully saturated rings. The monoisotopic (exact) mass is 236 g/mol. The second kappa shape index (κ2) is 4.78. The molecule has 0 aliphatic carbocycles. The minimum absolute atomic E-state index is 0.278. The van der Waals surface area contributed by atoms with E-state index in [9.17, 15) is 8.42 Å². The number of nitrogens with one attached hydrogen (secondary N) is 1. The fraction of sp³-hybridized carbons (Fsp3) is 1.00. The van der Waals surface area contributed by atoms with E-state index >= 15 is 0 Å². The van der Waals surface area contributed by atoms with Crippen LogP contribution in [0.25, 0.3) is 0 Å². The first kappa shape index (κ1) is 12.9. The summed E-state index contributed by atoms with van der Waals surface area (Å²) in [4.78, 5) is 0. The van der Waals surface area contributed by atoms with Gasteiger partial charge in [-0.15, -0.1) is 0 Å². The van der Waals surface area contributed by atoms with Crippen LogP contribution in [0.1, 0.15) is 26.7 Å². The van der Waals surface area contributed by atoms with Crippen LogP contribution in [-0.2, 0) is 14.8 Å². The topological polar surface area (TPSA) is 81.4 Å². The highest BCUT2D eigenvalue weighted by atomic mass is 32.2. The minimum Gasteiger partial charge on any atom is -0.380 e. The van der Waals surface area contributed by atoms with E-state index in [2.05, 4.69) is 4.72 Å². The molecule has 0 saturated carbocycles. The summed E-state index contributed by atoms with van der Waals surface area (Å²) in [6, 6.07) is 0. The fourth-order valence-electron chi connectivity index (χ4n) is 1.47. The van der Waals surface area contributed by atoms with Gasteiger partial charge in [-0.2, -0.15) is 0 Å². The Morgan fingerprint density at radius 3 is 2.67 bits per heavy atom. The summed E-state index contributed by atoms with van der Waals surface area (Å²) in [6.45, 7) is 4.77. The number of sulfonamides is 1. The highest BCUT2D eigenvalue weighted by Crippen LogP contribution is 2.15. The molecular weight excluding hydrogens is 216 g/mol. The van der Waals surface area contributed by atoms with Crippen LogP contribution >= 0.6 is 0 Å². The SMILES string of the molecule is CC(C)(CN)NS(=O)(=O)C1CCCOC1. The molecule has 1 aliphatic rings. The van der Waals surface area contributed by atoms with Gasteiger partial charge in [0.2, 0.25) is 10.0 Å². The van der Waals surface area contributed by atoms with E-state index in [1.54, 1.807) is 13.8 Å². The van der Waals surface area contributed by atoms with Crippen LogP contribution < -0.4 is 10.5 Å². The first-order chi connectivity index (χ1) is 6.87. The van der Waals surface area contributed by atoms with Crippen molar-refractivity contribution < 1.29 is 13.2 Å². The van der Waals surface area contributed by atoms with Crippen molar-refractivity contribution >= 4 is 10.0 Å². The van der Waals surface area contributed by atoms with E-state index in [-0.39, 0.29) is 13.2 Å². The molecule has 0 bridgehead atoms. The van der Waals surface area contributed by atoms with Gasteiger partial charge in [0.15, 0.2) is 0 Å². The molecule has 90 valence electrons. The second-order valence-corrected chi connectivity index (χ2v) is 6.54. The summed E-state index contributed by atoms with van der Waals surface area (Å²) in [6.07, 6.45) is 1.46. The summed E-state index contributed by atoms with van der Waals surface area (Å²) < 4.78 is 31.6. The summed E-state index contributed by atoms with van der Waals surface area (Å²) in [5, 5.41) is -0.433. The van der Waals surface area contributed by atoms with Gasteiger partial charge in [0.25, 0.3) is 0 Å². The van der Waals surface area contributed by atoms with Crippen LogP contribution in [0.3, 0.4) is 0 Å². The fourth-order valence-corrected chi connectivity index (χ4v) is 3.24. The average Bonchev–Trinajstić information content (AvgIpc) is 2.18. The smallest absolute Gasteiger partial charge is 0.217 e. The van der Waals surface area contributed by atoms with Crippen molar-refractivity contribution in [2.45, 2.75) is 37.5 Å². The zero-order valence-corrected chi connectivity index (χ0v) is 10.1. The van der Waals surface area contributed by atoms with Crippen molar-refractivity contribution in [3.63, 3.8) is 0 Å². The van der Waals surface area contributed by atoms with Crippen LogP contribution in [0, 0.1) is 0 Å². The van der Waals surface area contributed by atoms with Gasteiger partial charge in [0, 0.05) is 18.7 Å². The molecule has 1 unspecified atom stereocenters. The van der Waals surface area contributed by atoms with Crippen molar-refractivity contribution in [2.75, 3.05) is 19.8 Å². The number of ether oxygens (including phenoxy) is 1. The van der Waals surface area contributed by atoms with Gasteiger partial charge in [-0.1, -0.05) is 0 Å². The number of nitrogens with two attached hydrogens (primary N) is 1. The molecule has 1 aliphatic heterocycles. The van der Waals surface area contributed by atoms with Gasteiger partial charge in [-0.25, -0.2) is 13.1 Å². The van der Waals surface area contributed by atoms with Crippen molar-refractivity contribution in [1.29, 1.82) is 0 Å². The van der Waals surface area contributed by atoms with Crippen LogP contribution in [0.4, 0.5) is 0 Å². The molecule has 5 nitrogen and oxygen atoms in total. The number of rotatable bonds is 4. The molecule has 0 aromatic rings. The van der Waals surface area contributed by atoms with Gasteiger partial charge in [0.05, 0.1) is 11.9 Å². The molecule has 0 spiro atoms. The van der Waals surface area contributed by atoms with Crippen molar-refractivity contribution in [3.05, 3.63) is 0 Å². The third-order valence-electron chi connectivity index (χ3n) is 2.49. The Morgan fingerprint density at radius 1 is 1.53 bits per heavy atom. The predicted molar refractivity (Wildman–Crippen MR) is 59.0 cm³/mol. The van der Waals surface area contributed by atoms with Gasteiger partial charge >= 0.3 is 0 Å². The summed E-state index contributed by atoms with van der Waals surface area (Å²) in [5.41, 5.74) is 4.90. The maximum atomic E-state index is 11.9. The van der Waals surface area contributed by atoms with Crippen LogP contribution in [0.15, 0.2) is 0 Å². The first-order valence-electron chi connectivity index (χ1n) is 5.18. The Kier molecular flexibility index (Phi) is 4.11. The molecule has 0 aromatic heterocycles. The zero-order valence-electron chi connectivity index (χ0n) is 9.32. The molecule has 0 amide bonds. The van der Waals surface area contributed by atoms with Crippen molar-refractivity contribution in [2.24, 2.45) is 5.73 Å². The maximum Gasteiger partial charge on any atom is 0.217 e. The van der Waals surface area contributed by atoms with E-state index in [1.165, 1.54) is 0 Å².